The van der Waals surface area contributed by atoms with Gasteiger partial charge in [0.15, 0.2) is 11.6 Å². The average molecular weight is 346 g/mol. The molecule has 3 aromatic rings. The topological polar surface area (TPSA) is 80.7 Å². The molecule has 0 bridgehead atoms. The zero-order valence-electron chi connectivity index (χ0n) is 13.9. The summed E-state index contributed by atoms with van der Waals surface area (Å²) in [5.41, 5.74) is 0.759. The highest BCUT2D eigenvalue weighted by molar-refractivity contribution is 6.30. The van der Waals surface area contributed by atoms with Crippen molar-refractivity contribution in [3.63, 3.8) is 0 Å². The van der Waals surface area contributed by atoms with Crippen LogP contribution in [-0.4, -0.2) is 29.2 Å². The number of fused-ring (bicyclic) bond motifs is 3. The van der Waals surface area contributed by atoms with Crippen LogP contribution in [0.25, 0.3) is 10.8 Å². The van der Waals surface area contributed by atoms with Crippen LogP contribution in [0, 0.1) is 0 Å². The van der Waals surface area contributed by atoms with Crippen LogP contribution in [0.15, 0.2) is 48.5 Å². The molecule has 0 amide bonds. The van der Waals surface area contributed by atoms with E-state index in [4.69, 9.17) is 4.74 Å². The van der Waals surface area contributed by atoms with Gasteiger partial charge in [-0.15, -0.1) is 0 Å². The molecule has 1 N–H and O–H groups in total. The summed E-state index contributed by atoms with van der Waals surface area (Å²) >= 11 is 0. The number of rotatable bonds is 3. The number of carbonyl (C=O) groups is 3. The lowest BCUT2D eigenvalue weighted by Gasteiger charge is -2.20. The molecule has 0 saturated carbocycles. The standard InChI is InChI=1S/C21H14O5/c1-2-26-18-10-16-15(9-17(18)21(24)25)19(22)13-7-11-5-3-4-6-12(11)8-14(13)20(16)23/h3-10H,2H2,1H3,(H,24,25). The fourth-order valence-electron chi connectivity index (χ4n) is 3.30. The smallest absolute Gasteiger partial charge is 0.339 e. The normalized spacial score (nSPS) is 12.7. The van der Waals surface area contributed by atoms with E-state index in [0.29, 0.717) is 11.1 Å². The second-order valence-electron chi connectivity index (χ2n) is 6.04. The largest absolute Gasteiger partial charge is 0.493 e. The zero-order chi connectivity index (χ0) is 18.4. The van der Waals surface area contributed by atoms with Crippen molar-refractivity contribution in [1.82, 2.24) is 0 Å². The van der Waals surface area contributed by atoms with Gasteiger partial charge in [-0.25, -0.2) is 4.79 Å². The molecule has 5 heteroatoms. The summed E-state index contributed by atoms with van der Waals surface area (Å²) < 4.78 is 5.36. The molecular weight excluding hydrogens is 332 g/mol. The Morgan fingerprint density at radius 1 is 0.885 bits per heavy atom. The van der Waals surface area contributed by atoms with E-state index in [0.717, 1.165) is 10.8 Å². The van der Waals surface area contributed by atoms with E-state index in [1.165, 1.54) is 12.1 Å². The first-order valence-electron chi connectivity index (χ1n) is 8.17. The van der Waals surface area contributed by atoms with Crippen molar-refractivity contribution in [2.45, 2.75) is 6.92 Å². The Morgan fingerprint density at radius 3 is 1.88 bits per heavy atom. The minimum Gasteiger partial charge on any atom is -0.493 e. The molecule has 0 heterocycles. The Labute approximate surface area is 148 Å². The second-order valence-corrected chi connectivity index (χ2v) is 6.04. The van der Waals surface area contributed by atoms with Gasteiger partial charge in [-0.1, -0.05) is 24.3 Å². The maximum absolute atomic E-state index is 13.0. The average Bonchev–Trinajstić information content (AvgIpc) is 2.64. The van der Waals surface area contributed by atoms with Crippen LogP contribution < -0.4 is 4.74 Å². The molecule has 0 aromatic heterocycles. The van der Waals surface area contributed by atoms with Gasteiger partial charge in [-0.3, -0.25) is 9.59 Å². The summed E-state index contributed by atoms with van der Waals surface area (Å²) in [6.07, 6.45) is 0. The summed E-state index contributed by atoms with van der Waals surface area (Å²) in [7, 11) is 0. The van der Waals surface area contributed by atoms with Gasteiger partial charge >= 0.3 is 5.97 Å². The molecule has 26 heavy (non-hydrogen) atoms. The van der Waals surface area contributed by atoms with E-state index in [9.17, 15) is 19.5 Å². The van der Waals surface area contributed by atoms with Crippen LogP contribution in [0.4, 0.5) is 0 Å². The Bertz CT molecular complexity index is 1110. The predicted molar refractivity (Wildman–Crippen MR) is 95.4 cm³/mol. The highest BCUT2D eigenvalue weighted by Gasteiger charge is 2.32. The maximum Gasteiger partial charge on any atom is 0.339 e. The van der Waals surface area contributed by atoms with Crippen molar-refractivity contribution in [3.05, 3.63) is 76.3 Å². The number of ketones is 2. The van der Waals surface area contributed by atoms with Crippen LogP contribution in [0.5, 0.6) is 5.75 Å². The van der Waals surface area contributed by atoms with Crippen LogP contribution in [0.1, 0.15) is 49.1 Å². The Kier molecular flexibility index (Phi) is 3.58. The summed E-state index contributed by atoms with van der Waals surface area (Å²) in [4.78, 5) is 37.4. The van der Waals surface area contributed by atoms with Crippen molar-refractivity contribution in [2.75, 3.05) is 6.61 Å². The number of carbonyl (C=O) groups excluding carboxylic acids is 2. The third-order valence-electron chi connectivity index (χ3n) is 4.51. The predicted octanol–water partition coefficient (Wildman–Crippen LogP) is 3.71. The van der Waals surface area contributed by atoms with Crippen molar-refractivity contribution in [2.24, 2.45) is 0 Å². The minimum absolute atomic E-state index is 0.0872. The molecule has 0 fully saturated rings. The van der Waals surface area contributed by atoms with Crippen molar-refractivity contribution in [1.29, 1.82) is 0 Å². The van der Waals surface area contributed by atoms with E-state index < -0.39 is 5.97 Å². The monoisotopic (exact) mass is 346 g/mol. The van der Waals surface area contributed by atoms with E-state index in [2.05, 4.69) is 0 Å². The third-order valence-corrected chi connectivity index (χ3v) is 4.51. The highest BCUT2D eigenvalue weighted by atomic mass is 16.5. The number of hydrogen-bond acceptors (Lipinski definition) is 4. The van der Waals surface area contributed by atoms with Gasteiger partial charge in [0.2, 0.25) is 0 Å². The van der Waals surface area contributed by atoms with Crippen LogP contribution in [0.2, 0.25) is 0 Å². The lowest BCUT2D eigenvalue weighted by molar-refractivity contribution is 0.0692. The Morgan fingerprint density at radius 2 is 1.38 bits per heavy atom. The Hall–Kier alpha value is -3.47. The number of hydrogen-bond donors (Lipinski definition) is 1. The van der Waals surface area contributed by atoms with Crippen molar-refractivity contribution in [3.8, 4) is 5.75 Å². The summed E-state index contributed by atoms with van der Waals surface area (Å²) in [5, 5.41) is 11.1. The maximum atomic E-state index is 13.0. The van der Waals surface area contributed by atoms with Gasteiger partial charge < -0.3 is 9.84 Å². The molecule has 128 valence electrons. The molecule has 0 unspecified atom stereocenters. The lowest BCUT2D eigenvalue weighted by Crippen LogP contribution is -2.22. The Balaban J connectivity index is 1.98. The van der Waals surface area contributed by atoms with Gasteiger partial charge in [0, 0.05) is 22.3 Å². The SMILES string of the molecule is CCOc1cc2c(cc1C(=O)O)C(=O)c1cc3ccccc3cc1C2=O. The van der Waals surface area contributed by atoms with E-state index in [1.807, 2.05) is 24.3 Å². The molecular formula is C21H14O5. The van der Waals surface area contributed by atoms with Crippen molar-refractivity contribution >= 4 is 28.3 Å². The highest BCUT2D eigenvalue weighted by Crippen LogP contribution is 2.34. The summed E-state index contributed by atoms with van der Waals surface area (Å²) in [6, 6.07) is 13.5. The third kappa shape index (κ3) is 2.29. The fraction of sp³-hybridized carbons (Fsp3) is 0.0952. The summed E-state index contributed by atoms with van der Waals surface area (Å²) in [5.74, 6) is -1.78. The lowest BCUT2D eigenvalue weighted by atomic mass is 9.82. The van der Waals surface area contributed by atoms with Gasteiger partial charge in [0.1, 0.15) is 11.3 Å². The first-order valence-corrected chi connectivity index (χ1v) is 8.17. The van der Waals surface area contributed by atoms with E-state index in [-0.39, 0.29) is 40.6 Å². The molecule has 1 aliphatic carbocycles. The zero-order valence-corrected chi connectivity index (χ0v) is 13.9. The van der Waals surface area contributed by atoms with Crippen LogP contribution in [-0.2, 0) is 0 Å². The molecule has 0 aliphatic heterocycles. The molecule has 1 aliphatic rings. The molecule has 5 nitrogen and oxygen atoms in total. The van der Waals surface area contributed by atoms with Crippen LogP contribution >= 0.6 is 0 Å². The van der Waals surface area contributed by atoms with Gasteiger partial charge in [-0.2, -0.15) is 0 Å². The molecule has 0 saturated heterocycles. The van der Waals surface area contributed by atoms with Gasteiger partial charge in [0.25, 0.3) is 0 Å². The second kappa shape index (κ2) is 5.81. The molecule has 0 atom stereocenters. The number of benzene rings is 3. The van der Waals surface area contributed by atoms with E-state index in [1.54, 1.807) is 19.1 Å². The van der Waals surface area contributed by atoms with Gasteiger partial charge in [0.05, 0.1) is 6.61 Å². The quantitative estimate of drug-likeness (QED) is 0.611. The first-order chi connectivity index (χ1) is 12.5. The molecule has 3 aromatic carbocycles. The number of carboxylic acid groups (broad SMARTS) is 1. The molecule has 4 rings (SSSR count). The van der Waals surface area contributed by atoms with Crippen molar-refractivity contribution < 1.29 is 24.2 Å². The van der Waals surface area contributed by atoms with Gasteiger partial charge in [-0.05, 0) is 42.0 Å². The van der Waals surface area contributed by atoms with E-state index >= 15 is 0 Å². The number of carboxylic acids is 1. The molecule has 0 spiro atoms. The summed E-state index contributed by atoms with van der Waals surface area (Å²) in [6.45, 7) is 1.97. The molecule has 0 radical (unpaired) electrons. The fourth-order valence-corrected chi connectivity index (χ4v) is 3.30. The van der Waals surface area contributed by atoms with Crippen LogP contribution in [0.3, 0.4) is 0 Å². The first kappa shape index (κ1) is 16.0. The number of aromatic carboxylic acids is 1. The number of ether oxygens (including phenoxy) is 1. The minimum atomic E-state index is -1.21.